The largest absolute Gasteiger partial charge is 0.480 e. The summed E-state index contributed by atoms with van der Waals surface area (Å²) in [4.78, 5) is 24.0. The van der Waals surface area contributed by atoms with E-state index in [0.717, 1.165) is 11.3 Å². The molecule has 1 heterocycles. The summed E-state index contributed by atoms with van der Waals surface area (Å²) in [5.74, 6) is -1.06. The minimum Gasteiger partial charge on any atom is -0.480 e. The van der Waals surface area contributed by atoms with E-state index in [2.05, 4.69) is 0 Å². The van der Waals surface area contributed by atoms with Crippen LogP contribution in [0.1, 0.15) is 20.3 Å². The predicted molar refractivity (Wildman–Crippen MR) is 67.1 cm³/mol. The zero-order valence-corrected chi connectivity index (χ0v) is 10.7. The molecule has 0 aliphatic carbocycles. The maximum Gasteiger partial charge on any atom is 0.323 e. The maximum atomic E-state index is 11.8. The van der Waals surface area contributed by atoms with Crippen molar-refractivity contribution in [3.63, 3.8) is 0 Å². The molecular formula is C10H13NO3S2. The number of nitrogens with zero attached hydrogens (tertiary/aromatic N) is 1. The van der Waals surface area contributed by atoms with E-state index in [4.69, 9.17) is 17.3 Å². The van der Waals surface area contributed by atoms with Gasteiger partial charge >= 0.3 is 5.97 Å². The van der Waals surface area contributed by atoms with Crippen molar-refractivity contribution < 1.29 is 14.7 Å². The van der Waals surface area contributed by atoms with Crippen LogP contribution >= 0.6 is 24.0 Å². The lowest BCUT2D eigenvalue weighted by atomic mass is 10.1. The maximum absolute atomic E-state index is 11.8. The lowest BCUT2D eigenvalue weighted by Gasteiger charge is -2.10. The number of carboxylic acids is 1. The summed E-state index contributed by atoms with van der Waals surface area (Å²) in [6.07, 6.45) is 2.78. The topological polar surface area (TPSA) is 57.6 Å². The van der Waals surface area contributed by atoms with Gasteiger partial charge in [0.15, 0.2) is 0 Å². The third-order valence-electron chi connectivity index (χ3n) is 2.25. The zero-order valence-electron chi connectivity index (χ0n) is 9.10. The molecule has 1 unspecified atom stereocenters. The van der Waals surface area contributed by atoms with Gasteiger partial charge in [0, 0.05) is 0 Å². The Morgan fingerprint density at radius 3 is 2.81 bits per heavy atom. The lowest BCUT2D eigenvalue weighted by molar-refractivity contribution is -0.140. The second-order valence-electron chi connectivity index (χ2n) is 3.57. The van der Waals surface area contributed by atoms with Gasteiger partial charge in [0.05, 0.1) is 4.91 Å². The highest BCUT2D eigenvalue weighted by atomic mass is 32.2. The van der Waals surface area contributed by atoms with Crippen LogP contribution in [0.25, 0.3) is 0 Å². The summed E-state index contributed by atoms with van der Waals surface area (Å²) < 4.78 is 0.321. The third kappa shape index (κ3) is 3.05. The Kier molecular flexibility index (Phi) is 4.49. The van der Waals surface area contributed by atoms with Crippen LogP contribution in [0.5, 0.6) is 0 Å². The quantitative estimate of drug-likeness (QED) is 0.617. The molecule has 1 aliphatic heterocycles. The molecule has 0 aromatic carbocycles. The van der Waals surface area contributed by atoms with Gasteiger partial charge in [-0.15, -0.1) is 0 Å². The molecule has 0 radical (unpaired) electrons. The Morgan fingerprint density at radius 2 is 2.31 bits per heavy atom. The number of rotatable bonds is 4. The molecule has 1 saturated heterocycles. The Labute approximate surface area is 104 Å². The summed E-state index contributed by atoms with van der Waals surface area (Å²) in [5, 5.41) is 8.64. The van der Waals surface area contributed by atoms with Crippen molar-refractivity contribution in [3.05, 3.63) is 11.0 Å². The molecule has 0 spiro atoms. The summed E-state index contributed by atoms with van der Waals surface area (Å²) in [6.45, 7) is 3.67. The van der Waals surface area contributed by atoms with Gasteiger partial charge in [-0.05, 0) is 5.92 Å². The van der Waals surface area contributed by atoms with Gasteiger partial charge in [-0.3, -0.25) is 14.5 Å². The van der Waals surface area contributed by atoms with Gasteiger partial charge in [-0.25, -0.2) is 0 Å². The van der Waals surface area contributed by atoms with Crippen molar-refractivity contribution in [2.24, 2.45) is 5.92 Å². The van der Waals surface area contributed by atoms with Gasteiger partial charge in [-0.2, -0.15) is 0 Å². The Morgan fingerprint density at radius 1 is 1.69 bits per heavy atom. The van der Waals surface area contributed by atoms with E-state index in [1.807, 2.05) is 19.9 Å². The van der Waals surface area contributed by atoms with Gasteiger partial charge in [-0.1, -0.05) is 50.3 Å². The van der Waals surface area contributed by atoms with Gasteiger partial charge in [0.25, 0.3) is 5.91 Å². The first-order chi connectivity index (χ1) is 7.45. The van der Waals surface area contributed by atoms with E-state index in [1.165, 1.54) is 11.8 Å². The molecule has 1 amide bonds. The van der Waals surface area contributed by atoms with Crippen LogP contribution in [0.2, 0.25) is 0 Å². The van der Waals surface area contributed by atoms with Gasteiger partial charge in [0.2, 0.25) is 0 Å². The Bertz CT molecular complexity index is 365. The number of hydrogen-bond donors (Lipinski definition) is 1. The number of carboxylic acid groups (broad SMARTS) is 1. The van der Waals surface area contributed by atoms with Crippen molar-refractivity contribution in [1.29, 1.82) is 0 Å². The number of amides is 1. The average Bonchev–Trinajstić information content (AvgIpc) is 2.45. The fourth-order valence-corrected chi connectivity index (χ4v) is 2.52. The van der Waals surface area contributed by atoms with E-state index in [9.17, 15) is 9.59 Å². The SMILES string of the molecule is CCC(C)C=C1SC(=S)N(CC(=O)O)C1=O. The van der Waals surface area contributed by atoms with E-state index in [1.54, 1.807) is 0 Å². The molecule has 1 aliphatic rings. The second kappa shape index (κ2) is 5.45. The normalized spacial score (nSPS) is 20.6. The molecule has 4 nitrogen and oxygen atoms in total. The number of hydrogen-bond acceptors (Lipinski definition) is 4. The molecule has 1 atom stereocenters. The number of thioether (sulfide) groups is 1. The fourth-order valence-electron chi connectivity index (χ4n) is 1.16. The molecule has 0 aromatic heterocycles. The molecule has 0 saturated carbocycles. The monoisotopic (exact) mass is 259 g/mol. The van der Waals surface area contributed by atoms with Crippen LogP contribution in [-0.4, -0.2) is 32.7 Å². The molecular weight excluding hydrogens is 246 g/mol. The third-order valence-corrected chi connectivity index (χ3v) is 3.64. The molecule has 1 fully saturated rings. The minimum absolute atomic E-state index is 0.291. The van der Waals surface area contributed by atoms with E-state index in [0.29, 0.717) is 15.1 Å². The molecule has 0 bridgehead atoms. The Balaban J connectivity index is 2.82. The van der Waals surface area contributed by atoms with E-state index < -0.39 is 5.97 Å². The van der Waals surface area contributed by atoms with E-state index in [-0.39, 0.29) is 12.5 Å². The summed E-state index contributed by atoms with van der Waals surface area (Å²) in [6, 6.07) is 0. The van der Waals surface area contributed by atoms with Crippen molar-refractivity contribution in [1.82, 2.24) is 4.90 Å². The molecule has 16 heavy (non-hydrogen) atoms. The number of allylic oxidation sites excluding steroid dienone is 1. The molecule has 1 rings (SSSR count). The van der Waals surface area contributed by atoms with Crippen molar-refractivity contribution in [2.45, 2.75) is 20.3 Å². The summed E-state index contributed by atoms with van der Waals surface area (Å²) in [5.41, 5.74) is 0. The minimum atomic E-state index is -1.05. The molecule has 6 heteroatoms. The number of carbonyl (C=O) groups is 2. The molecule has 1 N–H and O–H groups in total. The second-order valence-corrected chi connectivity index (χ2v) is 5.25. The first-order valence-electron chi connectivity index (χ1n) is 4.93. The van der Waals surface area contributed by atoms with Gasteiger partial charge in [0.1, 0.15) is 10.9 Å². The smallest absolute Gasteiger partial charge is 0.323 e. The number of thiocarbonyl (C=S) groups is 1. The highest BCUT2D eigenvalue weighted by Gasteiger charge is 2.33. The van der Waals surface area contributed by atoms with E-state index >= 15 is 0 Å². The molecule has 88 valence electrons. The zero-order chi connectivity index (χ0) is 12.3. The summed E-state index contributed by atoms with van der Waals surface area (Å²) >= 11 is 6.14. The van der Waals surface area contributed by atoms with Crippen LogP contribution in [0, 0.1) is 5.92 Å². The standard InChI is InChI=1S/C10H13NO3S2/c1-3-6(2)4-7-9(14)11(5-8(12)13)10(15)16-7/h4,6H,3,5H2,1-2H3,(H,12,13). The molecule has 0 aromatic rings. The van der Waals surface area contributed by atoms with Gasteiger partial charge < -0.3 is 5.11 Å². The predicted octanol–water partition coefficient (Wildman–Crippen LogP) is 1.86. The summed E-state index contributed by atoms with van der Waals surface area (Å²) in [7, 11) is 0. The highest BCUT2D eigenvalue weighted by Crippen LogP contribution is 2.31. The Hall–Kier alpha value is -0.880. The van der Waals surface area contributed by atoms with Crippen LogP contribution in [0.3, 0.4) is 0 Å². The van der Waals surface area contributed by atoms with Crippen LogP contribution in [0.4, 0.5) is 0 Å². The highest BCUT2D eigenvalue weighted by molar-refractivity contribution is 8.26. The fraction of sp³-hybridized carbons (Fsp3) is 0.500. The number of carbonyl (C=O) groups excluding carboxylic acids is 1. The van der Waals surface area contributed by atoms with Crippen molar-refractivity contribution in [3.8, 4) is 0 Å². The first kappa shape index (κ1) is 13.2. The van der Waals surface area contributed by atoms with Crippen molar-refractivity contribution in [2.75, 3.05) is 6.54 Å². The average molecular weight is 259 g/mol. The number of aliphatic carboxylic acids is 1. The lowest BCUT2D eigenvalue weighted by Crippen LogP contribution is -2.33. The first-order valence-corrected chi connectivity index (χ1v) is 6.15. The van der Waals surface area contributed by atoms with Crippen LogP contribution < -0.4 is 0 Å². The van der Waals surface area contributed by atoms with Crippen LogP contribution in [-0.2, 0) is 9.59 Å². The van der Waals surface area contributed by atoms with Crippen LogP contribution in [0.15, 0.2) is 11.0 Å². The van der Waals surface area contributed by atoms with Crippen molar-refractivity contribution >= 4 is 40.2 Å².